The Morgan fingerprint density at radius 1 is 1.42 bits per heavy atom. The second-order valence-electron chi connectivity index (χ2n) is 5.30. The molecule has 0 aliphatic rings. The quantitative estimate of drug-likeness (QED) is 0.945. The highest BCUT2D eigenvalue weighted by Gasteiger charge is 2.21. The molecule has 1 atom stereocenters. The van der Waals surface area contributed by atoms with Gasteiger partial charge in [0, 0.05) is 10.8 Å². The Morgan fingerprint density at radius 3 is 2.68 bits per heavy atom. The van der Waals surface area contributed by atoms with Crippen LogP contribution in [0.15, 0.2) is 11.6 Å². The van der Waals surface area contributed by atoms with Gasteiger partial charge >= 0.3 is 0 Å². The third-order valence-corrected chi connectivity index (χ3v) is 4.28. The monoisotopic (exact) mass is 296 g/mol. The van der Waals surface area contributed by atoms with Crippen LogP contribution in [0.1, 0.15) is 54.1 Å². The fourth-order valence-electron chi connectivity index (χ4n) is 1.43. The average Bonchev–Trinajstić information content (AvgIpc) is 3.00. The van der Waals surface area contributed by atoms with Crippen LogP contribution in [0.25, 0.3) is 0 Å². The maximum atomic E-state index is 11.9. The first-order valence-corrected chi connectivity index (χ1v) is 7.57. The predicted octanol–water partition coefficient (Wildman–Crippen LogP) is 2.78. The molecule has 0 aliphatic carbocycles. The van der Waals surface area contributed by atoms with Gasteiger partial charge < -0.3 is 5.32 Å². The van der Waals surface area contributed by atoms with Gasteiger partial charge in [-0.25, -0.2) is 4.98 Å². The van der Waals surface area contributed by atoms with Crippen LogP contribution in [-0.2, 0) is 5.41 Å². The summed E-state index contributed by atoms with van der Waals surface area (Å²) in [6, 6.07) is -0.115. The Balaban J connectivity index is 2.06. The fourth-order valence-corrected chi connectivity index (χ4v) is 2.90. The fraction of sp³-hybridized carbons (Fsp3) is 0.500. The summed E-state index contributed by atoms with van der Waals surface area (Å²) in [5, 5.41) is 9.52. The molecule has 1 N–H and O–H groups in total. The highest BCUT2D eigenvalue weighted by molar-refractivity contribution is 7.09. The number of aromatic nitrogens is 3. The van der Waals surface area contributed by atoms with Crippen molar-refractivity contribution in [3.05, 3.63) is 27.2 Å². The number of amides is 1. The first-order chi connectivity index (χ1) is 8.88. The lowest BCUT2D eigenvalue weighted by atomic mass is 9.93. The van der Waals surface area contributed by atoms with E-state index >= 15 is 0 Å². The van der Waals surface area contributed by atoms with Gasteiger partial charge in [-0.15, -0.1) is 16.4 Å². The SMILES string of the molecule is CC(NC(=O)c1cnns1)c1nc(C(C)(C)C)cs1. The Hall–Kier alpha value is -1.34. The normalized spacial score (nSPS) is 13.3. The van der Waals surface area contributed by atoms with Gasteiger partial charge in [-0.2, -0.15) is 0 Å². The summed E-state index contributed by atoms with van der Waals surface area (Å²) < 4.78 is 3.68. The van der Waals surface area contributed by atoms with E-state index in [2.05, 4.69) is 40.7 Å². The molecule has 2 aromatic rings. The lowest BCUT2D eigenvalue weighted by molar-refractivity contribution is 0.0943. The van der Waals surface area contributed by atoms with Crippen LogP contribution in [0.3, 0.4) is 0 Å². The van der Waals surface area contributed by atoms with Gasteiger partial charge in [-0.3, -0.25) is 4.79 Å². The molecule has 0 aromatic carbocycles. The van der Waals surface area contributed by atoms with Crippen LogP contribution in [0.4, 0.5) is 0 Å². The van der Waals surface area contributed by atoms with Gasteiger partial charge in [-0.1, -0.05) is 25.3 Å². The van der Waals surface area contributed by atoms with Crippen LogP contribution in [0.5, 0.6) is 0 Å². The second-order valence-corrected chi connectivity index (χ2v) is 6.97. The number of hydrogen-bond donors (Lipinski definition) is 1. The van der Waals surface area contributed by atoms with E-state index in [1.165, 1.54) is 6.20 Å². The standard InChI is InChI=1S/C12H16N4OS2/c1-7(14-10(17)8-5-13-16-19-8)11-15-9(6-18-11)12(2,3)4/h5-7H,1-4H3,(H,14,17). The van der Waals surface area contributed by atoms with E-state index < -0.39 is 0 Å². The molecule has 0 saturated carbocycles. The van der Waals surface area contributed by atoms with Crippen molar-refractivity contribution >= 4 is 28.8 Å². The summed E-state index contributed by atoms with van der Waals surface area (Å²) >= 11 is 2.66. The average molecular weight is 296 g/mol. The summed E-state index contributed by atoms with van der Waals surface area (Å²) in [4.78, 5) is 17.0. The minimum atomic E-state index is -0.157. The van der Waals surface area contributed by atoms with E-state index in [1.54, 1.807) is 11.3 Å². The van der Waals surface area contributed by atoms with E-state index in [-0.39, 0.29) is 17.4 Å². The topological polar surface area (TPSA) is 67.8 Å². The molecule has 0 saturated heterocycles. The van der Waals surface area contributed by atoms with Crippen molar-refractivity contribution < 1.29 is 4.79 Å². The molecule has 2 rings (SSSR count). The van der Waals surface area contributed by atoms with Crippen molar-refractivity contribution in [3.63, 3.8) is 0 Å². The van der Waals surface area contributed by atoms with Gasteiger partial charge in [0.15, 0.2) is 0 Å². The smallest absolute Gasteiger partial charge is 0.265 e. The number of thiazole rings is 1. The van der Waals surface area contributed by atoms with Crippen LogP contribution in [0.2, 0.25) is 0 Å². The molecule has 0 aliphatic heterocycles. The molecule has 1 amide bonds. The lowest BCUT2D eigenvalue weighted by Crippen LogP contribution is -2.26. The highest BCUT2D eigenvalue weighted by Crippen LogP contribution is 2.26. The van der Waals surface area contributed by atoms with Crippen LogP contribution < -0.4 is 5.32 Å². The Kier molecular flexibility index (Phi) is 3.96. The van der Waals surface area contributed by atoms with Crippen molar-refractivity contribution in [2.45, 2.75) is 39.2 Å². The molecular formula is C12H16N4OS2. The molecule has 19 heavy (non-hydrogen) atoms. The highest BCUT2D eigenvalue weighted by atomic mass is 32.1. The van der Waals surface area contributed by atoms with Crippen molar-refractivity contribution in [2.75, 3.05) is 0 Å². The van der Waals surface area contributed by atoms with E-state index in [4.69, 9.17) is 0 Å². The Morgan fingerprint density at radius 2 is 2.16 bits per heavy atom. The van der Waals surface area contributed by atoms with E-state index in [0.29, 0.717) is 4.88 Å². The summed E-state index contributed by atoms with van der Waals surface area (Å²) in [5.74, 6) is -0.157. The largest absolute Gasteiger partial charge is 0.342 e. The molecule has 1 unspecified atom stereocenters. The van der Waals surface area contributed by atoms with E-state index in [0.717, 1.165) is 22.2 Å². The van der Waals surface area contributed by atoms with Crippen molar-refractivity contribution in [3.8, 4) is 0 Å². The van der Waals surface area contributed by atoms with E-state index in [1.807, 2.05) is 12.3 Å². The third kappa shape index (κ3) is 3.36. The predicted molar refractivity (Wildman–Crippen MR) is 76.6 cm³/mol. The van der Waals surface area contributed by atoms with Gasteiger partial charge in [-0.05, 0) is 18.5 Å². The van der Waals surface area contributed by atoms with Crippen molar-refractivity contribution in [1.82, 2.24) is 19.9 Å². The summed E-state index contributed by atoms with van der Waals surface area (Å²) in [6.07, 6.45) is 1.47. The zero-order chi connectivity index (χ0) is 14.0. The van der Waals surface area contributed by atoms with Gasteiger partial charge in [0.1, 0.15) is 9.88 Å². The zero-order valence-corrected chi connectivity index (χ0v) is 12.9. The molecule has 0 fully saturated rings. The summed E-state index contributed by atoms with van der Waals surface area (Å²) in [7, 11) is 0. The summed E-state index contributed by atoms with van der Waals surface area (Å²) in [6.45, 7) is 8.30. The minimum absolute atomic E-state index is 0.0278. The molecular weight excluding hydrogens is 280 g/mol. The van der Waals surface area contributed by atoms with Gasteiger partial charge in [0.2, 0.25) is 0 Å². The first-order valence-electron chi connectivity index (χ1n) is 5.92. The van der Waals surface area contributed by atoms with E-state index in [9.17, 15) is 4.79 Å². The molecule has 0 radical (unpaired) electrons. The first kappa shape index (κ1) is 14.1. The number of nitrogens with one attached hydrogen (secondary N) is 1. The third-order valence-electron chi connectivity index (χ3n) is 2.59. The molecule has 0 bridgehead atoms. The number of hydrogen-bond acceptors (Lipinski definition) is 6. The molecule has 2 aromatic heterocycles. The number of rotatable bonds is 3. The Bertz CT molecular complexity index is 557. The number of carbonyl (C=O) groups excluding carboxylic acids is 1. The molecule has 5 nitrogen and oxygen atoms in total. The molecule has 7 heteroatoms. The maximum Gasteiger partial charge on any atom is 0.265 e. The van der Waals surface area contributed by atoms with Crippen LogP contribution in [-0.4, -0.2) is 20.5 Å². The molecule has 0 spiro atoms. The van der Waals surface area contributed by atoms with Crippen molar-refractivity contribution in [1.29, 1.82) is 0 Å². The second kappa shape index (κ2) is 5.34. The number of nitrogens with zero attached hydrogens (tertiary/aromatic N) is 3. The van der Waals surface area contributed by atoms with Crippen LogP contribution >= 0.6 is 22.9 Å². The van der Waals surface area contributed by atoms with Gasteiger partial charge in [0.25, 0.3) is 5.91 Å². The lowest BCUT2D eigenvalue weighted by Gasteiger charge is -2.15. The zero-order valence-electron chi connectivity index (χ0n) is 11.3. The maximum absolute atomic E-state index is 11.9. The van der Waals surface area contributed by atoms with Gasteiger partial charge in [0.05, 0.1) is 17.9 Å². The molecule has 2 heterocycles. The van der Waals surface area contributed by atoms with Crippen LogP contribution in [0, 0.1) is 0 Å². The van der Waals surface area contributed by atoms with Crippen molar-refractivity contribution in [2.24, 2.45) is 0 Å². The Labute approximate surface area is 120 Å². The minimum Gasteiger partial charge on any atom is -0.342 e. The number of carbonyl (C=O) groups is 1. The molecule has 102 valence electrons. The summed E-state index contributed by atoms with van der Waals surface area (Å²) in [5.41, 5.74) is 1.08.